The van der Waals surface area contributed by atoms with E-state index in [4.69, 9.17) is 4.74 Å². The van der Waals surface area contributed by atoms with Gasteiger partial charge in [0.05, 0.1) is 23.5 Å². The number of hydrogen-bond acceptors (Lipinski definition) is 9. The van der Waals surface area contributed by atoms with Crippen LogP contribution in [0.3, 0.4) is 0 Å². The van der Waals surface area contributed by atoms with Crippen LogP contribution in [0.2, 0.25) is 0 Å². The van der Waals surface area contributed by atoms with Crippen molar-refractivity contribution in [2.45, 2.75) is 0 Å². The predicted molar refractivity (Wildman–Crippen MR) is 143 cm³/mol. The van der Waals surface area contributed by atoms with Crippen molar-refractivity contribution in [3.05, 3.63) is 118 Å². The third kappa shape index (κ3) is 4.33. The Morgan fingerprint density at radius 3 is 1.38 bits per heavy atom. The molecule has 0 saturated carbocycles. The van der Waals surface area contributed by atoms with E-state index in [1.165, 1.54) is 12.4 Å². The molecule has 0 radical (unpaired) electrons. The first kappa shape index (κ1) is 23.6. The van der Waals surface area contributed by atoms with Gasteiger partial charge in [-0.25, -0.2) is 0 Å². The lowest BCUT2D eigenvalue weighted by Crippen LogP contribution is -2.04. The van der Waals surface area contributed by atoms with E-state index in [1.807, 2.05) is 60.7 Å². The molecule has 11 heteroatoms. The number of aromatic nitrogens is 4. The topological polar surface area (TPSA) is 147 Å². The number of ether oxygens (including phenoxy) is 1. The molecule has 4 aromatic carbocycles. The summed E-state index contributed by atoms with van der Waals surface area (Å²) in [5.74, 6) is -0.976. The molecule has 0 N–H and O–H groups in total. The van der Waals surface area contributed by atoms with Gasteiger partial charge < -0.3 is 25.0 Å². The van der Waals surface area contributed by atoms with Gasteiger partial charge in [0.15, 0.2) is 0 Å². The van der Waals surface area contributed by atoms with Gasteiger partial charge in [-0.15, -0.1) is 0 Å². The average Bonchev–Trinajstić information content (AvgIpc) is 2.96. The van der Waals surface area contributed by atoms with Crippen LogP contribution in [0.1, 0.15) is 0 Å². The molecule has 6 rings (SSSR count). The van der Waals surface area contributed by atoms with Crippen LogP contribution < -0.4 is 4.74 Å². The Bertz CT molecular complexity index is 1780. The highest BCUT2D eigenvalue weighted by Crippen LogP contribution is 2.36. The van der Waals surface area contributed by atoms with E-state index < -0.39 is 33.5 Å². The number of rotatable bonds is 6. The molecule has 2 aromatic heterocycles. The fourth-order valence-corrected chi connectivity index (χ4v) is 4.47. The lowest BCUT2D eigenvalue weighted by atomic mass is 10.00. The fraction of sp³-hybridized carbons (Fsp3) is 0. The highest BCUT2D eigenvalue weighted by molar-refractivity contribution is 5.99. The zero-order valence-electron chi connectivity index (χ0n) is 20.0. The summed E-state index contributed by atoms with van der Waals surface area (Å²) in [5.41, 5.74) is 1.56. The third-order valence-corrected chi connectivity index (χ3v) is 6.18. The lowest BCUT2D eigenvalue weighted by molar-refractivity contribution is -0.389. The van der Waals surface area contributed by atoms with Crippen molar-refractivity contribution in [2.24, 2.45) is 0 Å². The molecule has 0 atom stereocenters. The molecule has 0 aliphatic heterocycles. The molecule has 6 aromatic rings. The Hall–Kier alpha value is -5.84. The Morgan fingerprint density at radius 1 is 0.538 bits per heavy atom. The first-order valence-corrected chi connectivity index (χ1v) is 11.7. The minimum Gasteiger partial charge on any atom is -0.358 e. The molecule has 0 amide bonds. The molecule has 0 spiro atoms. The molecule has 39 heavy (non-hydrogen) atoms. The summed E-state index contributed by atoms with van der Waals surface area (Å²) in [6, 6.07) is 24.9. The standard InChI is InChI=1S/C28H16N6O5/c35-33(36)25-23(21-13-5-9-17-7-1-3-11-19(17)21)15-29-27(31-25)39-28-30-16-24(26(32-28)34(37)38)22-14-6-10-18-8-2-4-12-20(18)22/h1-16H. The van der Waals surface area contributed by atoms with Crippen molar-refractivity contribution < 1.29 is 14.6 Å². The van der Waals surface area contributed by atoms with Crippen LogP contribution in [0.25, 0.3) is 43.8 Å². The second-order valence-electron chi connectivity index (χ2n) is 8.45. The van der Waals surface area contributed by atoms with Gasteiger partial charge in [-0.2, -0.15) is 9.97 Å². The summed E-state index contributed by atoms with van der Waals surface area (Å²) >= 11 is 0. The number of hydrogen-bond donors (Lipinski definition) is 0. The quantitative estimate of drug-likeness (QED) is 0.178. The van der Waals surface area contributed by atoms with E-state index in [9.17, 15) is 20.2 Å². The van der Waals surface area contributed by atoms with Gasteiger partial charge in [-0.3, -0.25) is 0 Å². The Balaban J connectivity index is 1.39. The summed E-state index contributed by atoms with van der Waals surface area (Å²) in [6.07, 6.45) is 2.56. The largest absolute Gasteiger partial charge is 0.443 e. The summed E-state index contributed by atoms with van der Waals surface area (Å²) in [7, 11) is 0. The molecular weight excluding hydrogens is 500 g/mol. The first-order chi connectivity index (χ1) is 19.0. The summed E-state index contributed by atoms with van der Waals surface area (Å²) < 4.78 is 5.46. The van der Waals surface area contributed by atoms with Gasteiger partial charge >= 0.3 is 23.7 Å². The zero-order chi connectivity index (χ0) is 26.9. The molecule has 0 aliphatic rings. The van der Waals surface area contributed by atoms with Gasteiger partial charge in [0.2, 0.25) is 0 Å². The van der Waals surface area contributed by atoms with Crippen molar-refractivity contribution in [3.63, 3.8) is 0 Å². The van der Waals surface area contributed by atoms with Crippen molar-refractivity contribution in [3.8, 4) is 34.3 Å². The number of fused-ring (bicyclic) bond motifs is 2. The fourth-order valence-electron chi connectivity index (χ4n) is 4.47. The van der Waals surface area contributed by atoms with Crippen LogP contribution in [0.4, 0.5) is 11.6 Å². The molecule has 0 aliphatic carbocycles. The van der Waals surface area contributed by atoms with Crippen LogP contribution in [0.15, 0.2) is 97.3 Å². The minimum atomic E-state index is -0.640. The molecule has 2 heterocycles. The average molecular weight is 516 g/mol. The van der Waals surface area contributed by atoms with E-state index in [0.29, 0.717) is 11.1 Å². The Kier molecular flexibility index (Phi) is 5.77. The van der Waals surface area contributed by atoms with Crippen LogP contribution in [0, 0.1) is 20.2 Å². The molecule has 0 unspecified atom stereocenters. The summed E-state index contributed by atoms with van der Waals surface area (Å²) in [6.45, 7) is 0. The molecule has 0 saturated heterocycles. The summed E-state index contributed by atoms with van der Waals surface area (Å²) in [5, 5.41) is 27.2. The monoisotopic (exact) mass is 516 g/mol. The van der Waals surface area contributed by atoms with Gasteiger partial charge in [-0.05, 0) is 42.5 Å². The highest BCUT2D eigenvalue weighted by Gasteiger charge is 2.27. The third-order valence-electron chi connectivity index (χ3n) is 6.18. The van der Waals surface area contributed by atoms with Crippen LogP contribution in [-0.4, -0.2) is 29.8 Å². The van der Waals surface area contributed by atoms with Crippen molar-refractivity contribution in [1.29, 1.82) is 0 Å². The molecule has 188 valence electrons. The number of benzene rings is 4. The van der Waals surface area contributed by atoms with E-state index >= 15 is 0 Å². The van der Waals surface area contributed by atoms with E-state index in [1.54, 1.807) is 24.3 Å². The zero-order valence-corrected chi connectivity index (χ0v) is 20.0. The first-order valence-electron chi connectivity index (χ1n) is 11.7. The van der Waals surface area contributed by atoms with Gasteiger partial charge in [0.25, 0.3) is 0 Å². The van der Waals surface area contributed by atoms with Crippen LogP contribution in [0.5, 0.6) is 12.0 Å². The lowest BCUT2D eigenvalue weighted by Gasteiger charge is -2.08. The predicted octanol–water partition coefficient (Wildman–Crippen LogP) is 6.52. The summed E-state index contributed by atoms with van der Waals surface area (Å²) in [4.78, 5) is 38.7. The minimum absolute atomic E-state index is 0.197. The second kappa shape index (κ2) is 9.56. The van der Waals surface area contributed by atoms with E-state index in [2.05, 4.69) is 19.9 Å². The van der Waals surface area contributed by atoms with Crippen LogP contribution in [-0.2, 0) is 0 Å². The maximum atomic E-state index is 11.9. The number of nitrogens with zero attached hydrogens (tertiary/aromatic N) is 6. The molecule has 11 nitrogen and oxygen atoms in total. The van der Waals surface area contributed by atoms with E-state index in [0.717, 1.165) is 21.5 Å². The Labute approximate surface area is 219 Å². The SMILES string of the molecule is O=[N+]([O-])c1nc(Oc2ncc(-c3cccc4ccccc34)c([N+](=O)[O-])n2)ncc1-c1cccc2ccccc12. The molecule has 0 fully saturated rings. The van der Waals surface area contributed by atoms with E-state index in [-0.39, 0.29) is 11.1 Å². The maximum Gasteiger partial charge on any atom is 0.443 e. The normalized spacial score (nSPS) is 11.0. The molecule has 0 bridgehead atoms. The van der Waals surface area contributed by atoms with Crippen LogP contribution >= 0.6 is 0 Å². The second-order valence-corrected chi connectivity index (χ2v) is 8.45. The number of nitro groups is 2. The van der Waals surface area contributed by atoms with Crippen molar-refractivity contribution in [1.82, 2.24) is 19.9 Å². The van der Waals surface area contributed by atoms with Crippen molar-refractivity contribution >= 4 is 33.2 Å². The Morgan fingerprint density at radius 2 is 0.949 bits per heavy atom. The maximum absolute atomic E-state index is 11.9. The van der Waals surface area contributed by atoms with Gasteiger partial charge in [0, 0.05) is 9.97 Å². The smallest absolute Gasteiger partial charge is 0.358 e. The van der Waals surface area contributed by atoms with Gasteiger partial charge in [0.1, 0.15) is 0 Å². The molecular formula is C28H16N6O5. The highest BCUT2D eigenvalue weighted by atomic mass is 16.6. The van der Waals surface area contributed by atoms with Gasteiger partial charge in [-0.1, -0.05) is 84.9 Å². The van der Waals surface area contributed by atoms with Crippen molar-refractivity contribution in [2.75, 3.05) is 0 Å².